The first-order chi connectivity index (χ1) is 9.10. The van der Waals surface area contributed by atoms with Crippen LogP contribution < -0.4 is 5.59 Å². The third kappa shape index (κ3) is 2.87. The molecule has 108 valence electrons. The minimum atomic E-state index is -1.23. The van der Waals surface area contributed by atoms with Gasteiger partial charge in [0.1, 0.15) is 5.82 Å². The van der Waals surface area contributed by atoms with Gasteiger partial charge >= 0.3 is 7.12 Å². The molecule has 0 bridgehead atoms. The van der Waals surface area contributed by atoms with Crippen molar-refractivity contribution in [1.82, 2.24) is 4.98 Å². The largest absolute Gasteiger partial charge is 0.508 e. The fourth-order valence-electron chi connectivity index (χ4n) is 1.75. The van der Waals surface area contributed by atoms with Crippen LogP contribution in [0.25, 0.3) is 10.9 Å². The Hall–Kier alpha value is -1.37. The number of fused-ring (bicyclic) bond motifs is 1. The quantitative estimate of drug-likeness (QED) is 0.744. The van der Waals surface area contributed by atoms with Crippen LogP contribution in [-0.4, -0.2) is 33.4 Å². The van der Waals surface area contributed by atoms with Crippen molar-refractivity contribution in [2.75, 3.05) is 0 Å². The molecule has 0 aliphatic rings. The van der Waals surface area contributed by atoms with Gasteiger partial charge in [0.25, 0.3) is 0 Å². The van der Waals surface area contributed by atoms with Crippen molar-refractivity contribution < 1.29 is 19.2 Å². The molecule has 0 unspecified atom stereocenters. The molecule has 0 aliphatic carbocycles. The minimum Gasteiger partial charge on any atom is -0.422 e. The van der Waals surface area contributed by atoms with Crippen molar-refractivity contribution in [3.63, 3.8) is 0 Å². The van der Waals surface area contributed by atoms with Crippen LogP contribution in [-0.2, 0) is 4.65 Å². The molecule has 0 atom stereocenters. The summed E-state index contributed by atoms with van der Waals surface area (Å²) in [5, 5.41) is 20.8. The molecular weight excluding hydrogens is 260 g/mol. The minimum absolute atomic E-state index is 0.338. The number of hydrogen-bond acceptors (Lipinski definition) is 3. The van der Waals surface area contributed by atoms with E-state index in [1.165, 1.54) is 12.1 Å². The van der Waals surface area contributed by atoms with E-state index in [0.29, 0.717) is 16.5 Å². The summed E-state index contributed by atoms with van der Waals surface area (Å²) in [6, 6.07) is 5.95. The van der Waals surface area contributed by atoms with Crippen LogP contribution in [0, 0.1) is 5.82 Å². The lowest BCUT2D eigenvalue weighted by Crippen LogP contribution is -2.53. The average molecular weight is 279 g/mol. The molecule has 2 rings (SSSR count). The third-order valence-corrected chi connectivity index (χ3v) is 3.75. The highest BCUT2D eigenvalue weighted by atomic mass is 19.1. The van der Waals surface area contributed by atoms with E-state index >= 15 is 0 Å². The number of nitrogens with one attached hydrogen (secondary N) is 1. The number of aliphatic hydroxyl groups is 1. The van der Waals surface area contributed by atoms with E-state index in [2.05, 4.69) is 4.98 Å². The summed E-state index contributed by atoms with van der Waals surface area (Å²) >= 11 is 0. The van der Waals surface area contributed by atoms with Crippen LogP contribution >= 0.6 is 0 Å². The maximum Gasteiger partial charge on any atom is 0.508 e. The summed E-state index contributed by atoms with van der Waals surface area (Å²) in [4.78, 5) is 2.97. The Morgan fingerprint density at radius 2 is 1.85 bits per heavy atom. The molecular formula is C14H19BFNO3. The van der Waals surface area contributed by atoms with Crippen molar-refractivity contribution in [3.05, 3.63) is 30.1 Å². The fourth-order valence-corrected chi connectivity index (χ4v) is 1.75. The number of aromatic amines is 1. The Morgan fingerprint density at radius 1 is 1.20 bits per heavy atom. The van der Waals surface area contributed by atoms with Gasteiger partial charge in [0.2, 0.25) is 0 Å². The Labute approximate surface area is 117 Å². The van der Waals surface area contributed by atoms with Gasteiger partial charge in [-0.05, 0) is 52.0 Å². The zero-order valence-corrected chi connectivity index (χ0v) is 12.1. The smallest absolute Gasteiger partial charge is 0.422 e. The molecule has 3 N–H and O–H groups in total. The van der Waals surface area contributed by atoms with E-state index in [4.69, 9.17) is 4.65 Å². The maximum atomic E-state index is 13.1. The second-order valence-corrected chi connectivity index (χ2v) is 6.00. The molecule has 20 heavy (non-hydrogen) atoms. The fraction of sp³-hybridized carbons (Fsp3) is 0.429. The molecule has 1 aromatic carbocycles. The van der Waals surface area contributed by atoms with Gasteiger partial charge < -0.3 is 19.8 Å². The van der Waals surface area contributed by atoms with Gasteiger partial charge in [-0.25, -0.2) is 4.39 Å². The van der Waals surface area contributed by atoms with Crippen LogP contribution in [0.15, 0.2) is 24.3 Å². The molecule has 0 saturated heterocycles. The van der Waals surface area contributed by atoms with Gasteiger partial charge in [0.05, 0.1) is 11.2 Å². The van der Waals surface area contributed by atoms with Gasteiger partial charge in [-0.15, -0.1) is 0 Å². The number of aromatic nitrogens is 1. The predicted octanol–water partition coefficient (Wildman–Crippen LogP) is 1.56. The number of benzene rings is 1. The van der Waals surface area contributed by atoms with E-state index < -0.39 is 18.3 Å². The van der Waals surface area contributed by atoms with Crippen LogP contribution in [0.1, 0.15) is 27.7 Å². The monoisotopic (exact) mass is 279 g/mol. The number of H-pyrrole nitrogens is 1. The van der Waals surface area contributed by atoms with Crippen molar-refractivity contribution in [2.45, 2.75) is 38.9 Å². The normalized spacial score (nSPS) is 12.9. The lowest BCUT2D eigenvalue weighted by atomic mass is 9.80. The number of rotatable bonds is 4. The van der Waals surface area contributed by atoms with Gasteiger partial charge in [0.15, 0.2) is 0 Å². The molecule has 0 amide bonds. The van der Waals surface area contributed by atoms with E-state index in [1.807, 2.05) is 0 Å². The van der Waals surface area contributed by atoms with Crippen molar-refractivity contribution in [1.29, 1.82) is 0 Å². The topological polar surface area (TPSA) is 65.5 Å². The molecule has 0 aliphatic heterocycles. The summed E-state index contributed by atoms with van der Waals surface area (Å²) in [5.74, 6) is -0.338. The van der Waals surface area contributed by atoms with Crippen LogP contribution in [0.2, 0.25) is 0 Å². The highest BCUT2D eigenvalue weighted by Crippen LogP contribution is 2.25. The van der Waals surface area contributed by atoms with Crippen LogP contribution in [0.4, 0.5) is 4.39 Å². The molecule has 4 nitrogen and oxygen atoms in total. The molecule has 0 radical (unpaired) electrons. The molecule has 0 saturated carbocycles. The summed E-state index contributed by atoms with van der Waals surface area (Å²) in [6.45, 7) is 6.61. The predicted molar refractivity (Wildman–Crippen MR) is 77.3 cm³/mol. The van der Waals surface area contributed by atoms with Gasteiger partial charge in [0, 0.05) is 16.5 Å². The highest BCUT2D eigenvalue weighted by molar-refractivity contribution is 6.59. The van der Waals surface area contributed by atoms with Crippen molar-refractivity contribution in [2.24, 2.45) is 0 Å². The summed E-state index contributed by atoms with van der Waals surface area (Å²) in [7, 11) is -1.23. The Kier molecular flexibility index (Phi) is 3.66. The van der Waals surface area contributed by atoms with E-state index in [-0.39, 0.29) is 5.82 Å². The summed E-state index contributed by atoms with van der Waals surface area (Å²) in [5.41, 5.74) is -0.936. The van der Waals surface area contributed by atoms with Crippen molar-refractivity contribution in [3.8, 4) is 0 Å². The lowest BCUT2D eigenvalue weighted by Gasteiger charge is -2.38. The molecule has 6 heteroatoms. The Morgan fingerprint density at radius 3 is 2.45 bits per heavy atom. The Balaban J connectivity index is 2.25. The molecule has 0 spiro atoms. The molecule has 1 heterocycles. The van der Waals surface area contributed by atoms with Crippen molar-refractivity contribution >= 4 is 23.6 Å². The second-order valence-electron chi connectivity index (χ2n) is 6.00. The van der Waals surface area contributed by atoms with Gasteiger partial charge in [-0.1, -0.05) is 0 Å². The van der Waals surface area contributed by atoms with Gasteiger partial charge in [-0.2, -0.15) is 0 Å². The standard InChI is InChI=1S/C14H19BFNO3/c1-13(2,18)14(3,4)20-15(19)12-8-9-7-10(16)5-6-11(9)17-12/h5-8,17-19H,1-4H3. The maximum absolute atomic E-state index is 13.1. The first-order valence-corrected chi connectivity index (χ1v) is 6.46. The zero-order chi connectivity index (χ0) is 15.1. The Bertz CT molecular complexity index is 618. The van der Waals surface area contributed by atoms with Crippen LogP contribution in [0.5, 0.6) is 0 Å². The second kappa shape index (κ2) is 4.88. The average Bonchev–Trinajstić information content (AvgIpc) is 2.69. The molecule has 2 aromatic rings. The molecule has 0 fully saturated rings. The first kappa shape index (κ1) is 15.0. The molecule has 1 aromatic heterocycles. The SMILES string of the molecule is CC(C)(O)C(C)(C)OB(O)c1cc2cc(F)ccc2[nH]1. The van der Waals surface area contributed by atoms with E-state index in [1.54, 1.807) is 39.8 Å². The number of hydrogen-bond donors (Lipinski definition) is 3. The highest BCUT2D eigenvalue weighted by Gasteiger charge is 2.39. The lowest BCUT2D eigenvalue weighted by molar-refractivity contribution is -0.0983. The van der Waals surface area contributed by atoms with Gasteiger partial charge in [-0.3, -0.25) is 0 Å². The van der Waals surface area contributed by atoms with E-state index in [0.717, 1.165) is 0 Å². The van der Waals surface area contributed by atoms with Crippen LogP contribution in [0.3, 0.4) is 0 Å². The summed E-state index contributed by atoms with van der Waals surface area (Å²) < 4.78 is 18.7. The zero-order valence-electron chi connectivity index (χ0n) is 12.1. The number of halogens is 1. The first-order valence-electron chi connectivity index (χ1n) is 6.46. The van der Waals surface area contributed by atoms with E-state index in [9.17, 15) is 14.5 Å². The summed E-state index contributed by atoms with van der Waals surface area (Å²) in [6.07, 6.45) is 0. The third-order valence-electron chi connectivity index (χ3n) is 3.75.